The molecule has 1 unspecified atom stereocenters. The molecule has 1 aromatic rings. The lowest BCUT2D eigenvalue weighted by Crippen LogP contribution is -2.31. The van der Waals surface area contributed by atoms with E-state index in [2.05, 4.69) is 20.9 Å². The highest BCUT2D eigenvalue weighted by Crippen LogP contribution is 2.10. The van der Waals surface area contributed by atoms with Gasteiger partial charge in [0.2, 0.25) is 0 Å². The van der Waals surface area contributed by atoms with Crippen LogP contribution in [0.25, 0.3) is 0 Å². The molecular weight excluding hydrogens is 178 g/mol. The zero-order valence-corrected chi connectivity index (χ0v) is 8.53. The van der Waals surface area contributed by atoms with E-state index in [-0.39, 0.29) is 0 Å². The van der Waals surface area contributed by atoms with Crippen LogP contribution in [0.2, 0.25) is 0 Å². The highest BCUT2D eigenvalue weighted by atomic mass is 15.4. The van der Waals surface area contributed by atoms with E-state index in [1.54, 1.807) is 10.9 Å². The molecule has 1 fully saturated rings. The van der Waals surface area contributed by atoms with Crippen molar-refractivity contribution in [3.63, 3.8) is 0 Å². The molecule has 2 N–H and O–H groups in total. The van der Waals surface area contributed by atoms with Gasteiger partial charge >= 0.3 is 0 Å². The highest BCUT2D eigenvalue weighted by Gasteiger charge is 2.12. The van der Waals surface area contributed by atoms with Gasteiger partial charge in [0, 0.05) is 19.6 Å². The summed E-state index contributed by atoms with van der Waals surface area (Å²) >= 11 is 0. The molecule has 2 heterocycles. The summed E-state index contributed by atoms with van der Waals surface area (Å²) in [7, 11) is 1.90. The lowest BCUT2D eigenvalue weighted by atomic mass is 10.1. The second-order valence-electron chi connectivity index (χ2n) is 3.78. The van der Waals surface area contributed by atoms with E-state index in [1.807, 2.05) is 7.05 Å². The summed E-state index contributed by atoms with van der Waals surface area (Å²) < 4.78 is 1.77. The third kappa shape index (κ3) is 2.23. The van der Waals surface area contributed by atoms with Gasteiger partial charge in [0.15, 0.2) is 0 Å². The molecule has 14 heavy (non-hydrogen) atoms. The molecule has 5 nitrogen and oxygen atoms in total. The molecule has 0 bridgehead atoms. The maximum Gasteiger partial charge on any atom is 0.144 e. The van der Waals surface area contributed by atoms with E-state index in [0.29, 0.717) is 6.04 Å². The van der Waals surface area contributed by atoms with Crippen LogP contribution >= 0.6 is 0 Å². The van der Waals surface area contributed by atoms with Crippen molar-refractivity contribution in [3.05, 3.63) is 6.20 Å². The second-order valence-corrected chi connectivity index (χ2v) is 3.78. The first-order valence-electron chi connectivity index (χ1n) is 5.18. The summed E-state index contributed by atoms with van der Waals surface area (Å²) in [5.41, 5.74) is 0. The van der Waals surface area contributed by atoms with E-state index in [9.17, 15) is 0 Å². The Morgan fingerprint density at radius 3 is 3.29 bits per heavy atom. The third-order valence-corrected chi connectivity index (χ3v) is 2.61. The maximum atomic E-state index is 3.89. The minimum absolute atomic E-state index is 0.509. The summed E-state index contributed by atoms with van der Waals surface area (Å²) in [4.78, 5) is 0. The summed E-state index contributed by atoms with van der Waals surface area (Å²) in [6.45, 7) is 2.17. The fraction of sp³-hybridized carbons (Fsp3) is 0.778. The molecule has 1 saturated heterocycles. The van der Waals surface area contributed by atoms with E-state index in [4.69, 9.17) is 0 Å². The zero-order chi connectivity index (χ0) is 9.80. The van der Waals surface area contributed by atoms with Crippen LogP contribution in [0.15, 0.2) is 6.20 Å². The predicted octanol–water partition coefficient (Wildman–Crippen LogP) is 0.369. The standard InChI is InChI=1S/C9H17N5/c1-14-9(7-11-13-14)12-8-4-2-3-5-10-6-8/h7-8,10,12H,2-6H2,1H3. The van der Waals surface area contributed by atoms with Crippen molar-refractivity contribution in [3.8, 4) is 0 Å². The lowest BCUT2D eigenvalue weighted by Gasteiger charge is -2.16. The van der Waals surface area contributed by atoms with Crippen LogP contribution in [0.4, 0.5) is 5.82 Å². The van der Waals surface area contributed by atoms with Gasteiger partial charge in [-0.2, -0.15) is 0 Å². The van der Waals surface area contributed by atoms with Crippen LogP contribution < -0.4 is 10.6 Å². The average Bonchev–Trinajstić information content (AvgIpc) is 2.44. The maximum absolute atomic E-state index is 3.89. The predicted molar refractivity (Wildman–Crippen MR) is 55.1 cm³/mol. The summed E-state index contributed by atoms with van der Waals surface area (Å²) in [6, 6.07) is 0.509. The van der Waals surface area contributed by atoms with Crippen molar-refractivity contribution in [1.82, 2.24) is 20.3 Å². The lowest BCUT2D eigenvalue weighted by molar-refractivity contribution is 0.622. The van der Waals surface area contributed by atoms with Crippen LogP contribution in [0.5, 0.6) is 0 Å². The molecule has 0 amide bonds. The van der Waals surface area contributed by atoms with Gasteiger partial charge in [-0.05, 0) is 19.4 Å². The Morgan fingerprint density at radius 1 is 1.57 bits per heavy atom. The van der Waals surface area contributed by atoms with Gasteiger partial charge in [-0.25, -0.2) is 4.68 Å². The molecule has 1 aliphatic heterocycles. The molecule has 2 rings (SSSR count). The van der Waals surface area contributed by atoms with Crippen LogP contribution in [-0.2, 0) is 7.05 Å². The average molecular weight is 195 g/mol. The van der Waals surface area contributed by atoms with Crippen LogP contribution in [0, 0.1) is 0 Å². The van der Waals surface area contributed by atoms with Crippen LogP contribution in [-0.4, -0.2) is 34.1 Å². The van der Waals surface area contributed by atoms with Gasteiger partial charge in [-0.3, -0.25) is 0 Å². The van der Waals surface area contributed by atoms with Crippen LogP contribution in [0.1, 0.15) is 19.3 Å². The number of hydrogen-bond donors (Lipinski definition) is 2. The molecule has 0 spiro atoms. The Kier molecular flexibility index (Phi) is 2.98. The smallest absolute Gasteiger partial charge is 0.144 e. The molecule has 0 aliphatic carbocycles. The molecule has 78 valence electrons. The Hall–Kier alpha value is -1.10. The Morgan fingerprint density at radius 2 is 2.50 bits per heavy atom. The quantitative estimate of drug-likeness (QED) is 0.716. The summed E-state index contributed by atoms with van der Waals surface area (Å²) in [5.74, 6) is 0.999. The number of aromatic nitrogens is 3. The number of rotatable bonds is 2. The minimum atomic E-state index is 0.509. The number of nitrogens with one attached hydrogen (secondary N) is 2. The number of hydrogen-bond acceptors (Lipinski definition) is 4. The van der Waals surface area contributed by atoms with Gasteiger partial charge in [-0.1, -0.05) is 11.6 Å². The normalized spacial score (nSPS) is 23.1. The van der Waals surface area contributed by atoms with Crippen molar-refractivity contribution in [2.75, 3.05) is 18.4 Å². The monoisotopic (exact) mass is 195 g/mol. The first kappa shape index (κ1) is 9.45. The SMILES string of the molecule is Cn1nncc1NC1CCCCNC1. The summed E-state index contributed by atoms with van der Waals surface area (Å²) in [6.07, 6.45) is 5.56. The second kappa shape index (κ2) is 4.41. The van der Waals surface area contributed by atoms with Gasteiger partial charge in [-0.15, -0.1) is 5.10 Å². The van der Waals surface area contributed by atoms with E-state index >= 15 is 0 Å². The molecule has 0 aromatic carbocycles. The van der Waals surface area contributed by atoms with E-state index in [1.165, 1.54) is 19.3 Å². The first-order valence-corrected chi connectivity index (χ1v) is 5.18. The van der Waals surface area contributed by atoms with Crippen molar-refractivity contribution in [1.29, 1.82) is 0 Å². The van der Waals surface area contributed by atoms with Gasteiger partial charge < -0.3 is 10.6 Å². The van der Waals surface area contributed by atoms with Crippen molar-refractivity contribution >= 4 is 5.82 Å². The summed E-state index contributed by atoms with van der Waals surface area (Å²) in [5, 5.41) is 14.6. The Balaban J connectivity index is 1.92. The number of anilines is 1. The molecular formula is C9H17N5. The molecule has 1 aromatic heterocycles. The van der Waals surface area contributed by atoms with Crippen molar-refractivity contribution in [2.45, 2.75) is 25.3 Å². The number of nitrogens with zero attached hydrogens (tertiary/aromatic N) is 3. The van der Waals surface area contributed by atoms with Crippen molar-refractivity contribution in [2.24, 2.45) is 7.05 Å². The van der Waals surface area contributed by atoms with E-state index in [0.717, 1.165) is 18.9 Å². The van der Waals surface area contributed by atoms with Gasteiger partial charge in [0.25, 0.3) is 0 Å². The molecule has 5 heteroatoms. The Bertz CT molecular complexity index is 274. The third-order valence-electron chi connectivity index (χ3n) is 2.61. The topological polar surface area (TPSA) is 54.8 Å². The minimum Gasteiger partial charge on any atom is -0.365 e. The van der Waals surface area contributed by atoms with E-state index < -0.39 is 0 Å². The van der Waals surface area contributed by atoms with Gasteiger partial charge in [0.05, 0.1) is 6.20 Å². The van der Waals surface area contributed by atoms with Crippen molar-refractivity contribution < 1.29 is 0 Å². The first-order chi connectivity index (χ1) is 6.86. The highest BCUT2D eigenvalue weighted by molar-refractivity contribution is 5.32. The molecule has 1 atom stereocenters. The fourth-order valence-corrected chi connectivity index (χ4v) is 1.77. The fourth-order valence-electron chi connectivity index (χ4n) is 1.77. The molecule has 1 aliphatic rings. The number of aryl methyl sites for hydroxylation is 1. The van der Waals surface area contributed by atoms with Gasteiger partial charge in [0.1, 0.15) is 5.82 Å². The largest absolute Gasteiger partial charge is 0.365 e. The molecule has 0 saturated carbocycles. The zero-order valence-electron chi connectivity index (χ0n) is 8.53. The molecule has 0 radical (unpaired) electrons. The van der Waals surface area contributed by atoms with Crippen LogP contribution in [0.3, 0.4) is 0 Å². The Labute approximate surface area is 83.9 Å².